The Labute approximate surface area is 398 Å². The molecular weight excluding hydrogens is 834 g/mol. The first-order valence-electron chi connectivity index (χ1n) is 26.1. The maximum atomic E-state index is 12.7. The summed E-state index contributed by atoms with van der Waals surface area (Å²) < 4.78 is 32.9. The molecule has 2 atom stereocenters. The summed E-state index contributed by atoms with van der Waals surface area (Å²) in [5.41, 5.74) is 5.37. The van der Waals surface area contributed by atoms with Crippen LogP contribution in [-0.2, 0) is 32.7 Å². The van der Waals surface area contributed by atoms with Crippen LogP contribution in [0.25, 0.3) is 0 Å². The number of hydrogen-bond donors (Lipinski definition) is 2. The first kappa shape index (κ1) is 62.2. The van der Waals surface area contributed by atoms with Crippen molar-refractivity contribution in [2.24, 2.45) is 5.73 Å². The number of phosphoric acid groups is 1. The van der Waals surface area contributed by atoms with E-state index in [1.807, 2.05) is 0 Å². The molecule has 0 heterocycles. The second-order valence-corrected chi connectivity index (χ2v) is 18.5. The van der Waals surface area contributed by atoms with Crippen molar-refractivity contribution in [2.75, 3.05) is 26.4 Å². The van der Waals surface area contributed by atoms with Crippen LogP contribution in [0.15, 0.2) is 85.1 Å². The summed E-state index contributed by atoms with van der Waals surface area (Å²) in [6.45, 7) is 3.61. The lowest BCUT2D eigenvalue weighted by molar-refractivity contribution is -0.161. The van der Waals surface area contributed by atoms with Gasteiger partial charge in [0.05, 0.1) is 13.2 Å². The van der Waals surface area contributed by atoms with E-state index >= 15 is 0 Å². The van der Waals surface area contributed by atoms with Gasteiger partial charge < -0.3 is 20.1 Å². The Kier molecular flexibility index (Phi) is 48.4. The largest absolute Gasteiger partial charge is 0.472 e. The van der Waals surface area contributed by atoms with Gasteiger partial charge in [0, 0.05) is 19.4 Å². The normalized spacial score (nSPS) is 13.8. The van der Waals surface area contributed by atoms with Gasteiger partial charge in [-0.15, -0.1) is 0 Å². The van der Waals surface area contributed by atoms with Crippen LogP contribution in [0.4, 0.5) is 0 Å². The third-order valence-corrected chi connectivity index (χ3v) is 11.8. The predicted octanol–water partition coefficient (Wildman–Crippen LogP) is 16.0. The highest BCUT2D eigenvalue weighted by Crippen LogP contribution is 2.43. The molecule has 0 saturated heterocycles. The first-order chi connectivity index (χ1) is 31.8. The molecule has 0 bridgehead atoms. The quantitative estimate of drug-likeness (QED) is 0.0265. The minimum Gasteiger partial charge on any atom is -0.462 e. The second kappa shape index (κ2) is 50.6. The van der Waals surface area contributed by atoms with Crippen LogP contribution in [0.1, 0.15) is 219 Å². The van der Waals surface area contributed by atoms with Gasteiger partial charge in [-0.1, -0.05) is 221 Å². The van der Waals surface area contributed by atoms with Gasteiger partial charge in [0.15, 0.2) is 6.10 Å². The molecule has 0 aromatic carbocycles. The molecule has 0 aliphatic carbocycles. The SMILES string of the molecule is CC/C=C\C/C=C\C/C=C\C/C=C\C/C=C\C/C=C\C/C=C\CCCCCCCC(=O)OC(COC(=O)CCCCCCCCCCCCCCCCCCC)COP(=O)(O)OCCN. The van der Waals surface area contributed by atoms with Crippen molar-refractivity contribution >= 4 is 19.8 Å². The summed E-state index contributed by atoms with van der Waals surface area (Å²) >= 11 is 0. The summed E-state index contributed by atoms with van der Waals surface area (Å²) in [5.74, 6) is -0.849. The fraction of sp³-hybridized carbons (Fsp3) is 0.709. The fourth-order valence-corrected chi connectivity index (χ4v) is 7.73. The molecule has 0 radical (unpaired) electrons. The Bertz CT molecular complexity index is 1340. The molecule has 3 N–H and O–H groups in total. The smallest absolute Gasteiger partial charge is 0.462 e. The van der Waals surface area contributed by atoms with Gasteiger partial charge in [-0.25, -0.2) is 4.57 Å². The van der Waals surface area contributed by atoms with Crippen LogP contribution in [0.3, 0.4) is 0 Å². The Hall–Kier alpha value is -2.81. The molecule has 65 heavy (non-hydrogen) atoms. The van der Waals surface area contributed by atoms with Gasteiger partial charge in [0.2, 0.25) is 0 Å². The molecule has 0 aliphatic heterocycles. The number of hydrogen-bond acceptors (Lipinski definition) is 8. The van der Waals surface area contributed by atoms with Crippen LogP contribution in [-0.4, -0.2) is 49.3 Å². The van der Waals surface area contributed by atoms with E-state index in [1.54, 1.807) is 0 Å². The Morgan fingerprint density at radius 1 is 0.477 bits per heavy atom. The highest BCUT2D eigenvalue weighted by Gasteiger charge is 2.26. The molecule has 0 aromatic rings. The van der Waals surface area contributed by atoms with Crippen molar-refractivity contribution < 1.29 is 37.6 Å². The summed E-state index contributed by atoms with van der Waals surface area (Å²) in [5, 5.41) is 0. The van der Waals surface area contributed by atoms with Crippen molar-refractivity contribution in [3.8, 4) is 0 Å². The third-order valence-electron chi connectivity index (χ3n) is 10.8. The van der Waals surface area contributed by atoms with Crippen molar-refractivity contribution in [3.63, 3.8) is 0 Å². The Balaban J connectivity index is 4.11. The van der Waals surface area contributed by atoms with Crippen molar-refractivity contribution in [1.82, 2.24) is 0 Å². The van der Waals surface area contributed by atoms with Gasteiger partial charge >= 0.3 is 19.8 Å². The van der Waals surface area contributed by atoms with E-state index in [0.29, 0.717) is 6.42 Å². The number of rotatable bonds is 48. The lowest BCUT2D eigenvalue weighted by Gasteiger charge is -2.19. The lowest BCUT2D eigenvalue weighted by atomic mass is 10.0. The maximum Gasteiger partial charge on any atom is 0.472 e. The first-order valence-corrected chi connectivity index (χ1v) is 27.6. The molecule has 0 rings (SSSR count). The van der Waals surface area contributed by atoms with E-state index in [9.17, 15) is 19.0 Å². The Morgan fingerprint density at radius 3 is 1.26 bits per heavy atom. The topological polar surface area (TPSA) is 134 Å². The zero-order valence-corrected chi connectivity index (χ0v) is 42.3. The van der Waals surface area contributed by atoms with E-state index in [-0.39, 0.29) is 38.6 Å². The van der Waals surface area contributed by atoms with E-state index in [1.165, 1.54) is 89.9 Å². The molecular formula is C55H96NO8P. The minimum absolute atomic E-state index is 0.0467. The molecule has 0 fully saturated rings. The van der Waals surface area contributed by atoms with Gasteiger partial charge in [-0.2, -0.15) is 0 Å². The zero-order valence-electron chi connectivity index (χ0n) is 41.4. The Morgan fingerprint density at radius 2 is 0.846 bits per heavy atom. The molecule has 0 spiro atoms. The number of nitrogens with two attached hydrogens (primary N) is 1. The highest BCUT2D eigenvalue weighted by molar-refractivity contribution is 7.47. The predicted molar refractivity (Wildman–Crippen MR) is 275 cm³/mol. The number of carbonyl (C=O) groups excluding carboxylic acids is 2. The molecule has 0 aliphatic rings. The van der Waals surface area contributed by atoms with E-state index in [0.717, 1.165) is 96.3 Å². The van der Waals surface area contributed by atoms with Crippen LogP contribution >= 0.6 is 7.82 Å². The van der Waals surface area contributed by atoms with Gasteiger partial charge in [-0.05, 0) is 70.6 Å². The zero-order chi connectivity index (χ0) is 47.4. The van der Waals surface area contributed by atoms with Crippen molar-refractivity contribution in [1.29, 1.82) is 0 Å². The molecule has 0 saturated carbocycles. The summed E-state index contributed by atoms with van der Waals surface area (Å²) in [6, 6.07) is 0. The van der Waals surface area contributed by atoms with Gasteiger partial charge in [0.1, 0.15) is 6.61 Å². The van der Waals surface area contributed by atoms with Gasteiger partial charge in [-0.3, -0.25) is 18.6 Å². The van der Waals surface area contributed by atoms with Crippen LogP contribution in [0.2, 0.25) is 0 Å². The number of ether oxygens (including phenoxy) is 2. The average molecular weight is 930 g/mol. The monoisotopic (exact) mass is 930 g/mol. The van der Waals surface area contributed by atoms with Crippen LogP contribution in [0, 0.1) is 0 Å². The van der Waals surface area contributed by atoms with E-state index < -0.39 is 26.5 Å². The molecule has 0 amide bonds. The maximum absolute atomic E-state index is 12.7. The number of esters is 2. The molecule has 2 unspecified atom stereocenters. The molecule has 10 heteroatoms. The number of carbonyl (C=O) groups is 2. The minimum atomic E-state index is -4.39. The highest BCUT2D eigenvalue weighted by atomic mass is 31.2. The second-order valence-electron chi connectivity index (χ2n) is 17.0. The van der Waals surface area contributed by atoms with Crippen LogP contribution < -0.4 is 5.73 Å². The third kappa shape index (κ3) is 50.4. The number of unbranched alkanes of at least 4 members (excludes halogenated alkanes) is 21. The van der Waals surface area contributed by atoms with Gasteiger partial charge in [0.25, 0.3) is 0 Å². The van der Waals surface area contributed by atoms with Crippen molar-refractivity contribution in [2.45, 2.75) is 225 Å². The molecule has 9 nitrogen and oxygen atoms in total. The van der Waals surface area contributed by atoms with Crippen molar-refractivity contribution in [3.05, 3.63) is 85.1 Å². The molecule has 0 aromatic heterocycles. The summed E-state index contributed by atoms with van der Waals surface area (Å²) in [4.78, 5) is 35.1. The average Bonchev–Trinajstić information content (AvgIpc) is 3.30. The lowest BCUT2D eigenvalue weighted by Crippen LogP contribution is -2.29. The summed E-state index contributed by atoms with van der Waals surface area (Å²) in [7, 11) is -4.39. The summed E-state index contributed by atoms with van der Waals surface area (Å²) in [6.07, 6.45) is 64.7. The van der Waals surface area contributed by atoms with E-state index in [4.69, 9.17) is 24.3 Å². The van der Waals surface area contributed by atoms with E-state index in [2.05, 4.69) is 98.9 Å². The number of phosphoric ester groups is 1. The van der Waals surface area contributed by atoms with Crippen LogP contribution in [0.5, 0.6) is 0 Å². The molecule has 374 valence electrons. The number of allylic oxidation sites excluding steroid dienone is 14. The fourth-order valence-electron chi connectivity index (χ4n) is 6.97. The standard InChI is InChI=1S/C55H96NO8P/c1-3-5-7-9-11-13-15-17-19-21-22-23-24-25-26-27-28-29-30-32-34-36-38-40-42-44-46-48-55(58)64-53(52-63-65(59,60)62-50-49-56)51-61-54(57)47-45-43-41-39-37-35-33-31-20-18-16-14-12-10-8-6-4-2/h5,7,11,13,17,19,22-23,25-26,28-29,32,34,53H,3-4,6,8-10,12,14-16,18,20-21,24,27,30-31,33,35-52,56H2,1-2H3,(H,59,60)/b7-5-,13-11-,19-17-,23-22-,26-25-,29-28-,34-32-.